The lowest BCUT2D eigenvalue weighted by molar-refractivity contribution is 0.384. The summed E-state index contributed by atoms with van der Waals surface area (Å²) in [6.07, 6.45) is 8.77. The Kier molecular flexibility index (Phi) is 10.1. The third-order valence-electron chi connectivity index (χ3n) is 9.27. The van der Waals surface area contributed by atoms with Crippen LogP contribution in [0.2, 0.25) is 0 Å². The zero-order valence-electron chi connectivity index (χ0n) is 27.0. The Balaban J connectivity index is 1.48. The molecule has 1 heterocycles. The van der Waals surface area contributed by atoms with Gasteiger partial charge < -0.3 is 5.32 Å². The fourth-order valence-electron chi connectivity index (χ4n) is 6.58. The standard InChI is InChI=1S/C42H46N3/c1-7-19-31(4)28-29-37-35-23-13-14-24-36(35)38(8-2)43-41(37)30-32(5)45(6,9-3)42-27-18-17-26-40(42)44-39-25-16-15-22-34(39)33-20-11-10-12-21-33/h7-8,10-27,37,41,44H,2,4-5,9,28-30H2,1,3,6H3/q+1/b19-7-. The van der Waals surface area contributed by atoms with Gasteiger partial charge in [0.1, 0.15) is 11.4 Å². The monoisotopic (exact) mass is 592 g/mol. The van der Waals surface area contributed by atoms with Crippen molar-refractivity contribution in [3.63, 3.8) is 0 Å². The molecule has 0 amide bonds. The molecule has 3 unspecified atom stereocenters. The van der Waals surface area contributed by atoms with Crippen LogP contribution in [-0.2, 0) is 0 Å². The van der Waals surface area contributed by atoms with E-state index in [2.05, 4.69) is 148 Å². The predicted octanol–water partition coefficient (Wildman–Crippen LogP) is 11.0. The minimum atomic E-state index is 0.0572. The number of hydrogen-bond donors (Lipinski definition) is 1. The summed E-state index contributed by atoms with van der Waals surface area (Å²) in [4.78, 5) is 5.33. The maximum atomic E-state index is 5.33. The number of fused-ring (bicyclic) bond motifs is 1. The zero-order chi connectivity index (χ0) is 31.8. The quantitative estimate of drug-likeness (QED) is 0.121. The molecule has 4 aromatic rings. The first-order chi connectivity index (χ1) is 21.9. The fourth-order valence-corrected chi connectivity index (χ4v) is 6.58. The van der Waals surface area contributed by atoms with Crippen LogP contribution in [-0.4, -0.2) is 25.3 Å². The van der Waals surface area contributed by atoms with E-state index in [0.717, 1.165) is 54.2 Å². The summed E-state index contributed by atoms with van der Waals surface area (Å²) in [5, 5.41) is 3.81. The van der Waals surface area contributed by atoms with Gasteiger partial charge in [0.2, 0.25) is 0 Å². The number of allylic oxidation sites excluding steroid dienone is 4. The molecule has 3 nitrogen and oxygen atoms in total. The van der Waals surface area contributed by atoms with Crippen LogP contribution in [0.3, 0.4) is 0 Å². The van der Waals surface area contributed by atoms with E-state index in [4.69, 9.17) is 11.6 Å². The highest BCUT2D eigenvalue weighted by Crippen LogP contribution is 2.42. The number of nitrogens with one attached hydrogen (secondary N) is 1. The molecule has 1 aliphatic rings. The van der Waals surface area contributed by atoms with E-state index >= 15 is 0 Å². The summed E-state index contributed by atoms with van der Waals surface area (Å²) in [6, 6.07) is 36.4. The van der Waals surface area contributed by atoms with Crippen LogP contribution in [0.5, 0.6) is 0 Å². The highest BCUT2D eigenvalue weighted by Gasteiger charge is 2.36. The molecule has 0 fully saturated rings. The molecule has 228 valence electrons. The van der Waals surface area contributed by atoms with Crippen LogP contribution >= 0.6 is 0 Å². The van der Waals surface area contributed by atoms with E-state index in [1.54, 1.807) is 0 Å². The molecule has 0 saturated carbocycles. The molecule has 0 saturated heterocycles. The number of para-hydroxylation sites is 3. The molecule has 4 aromatic carbocycles. The normalized spacial score (nSPS) is 17.2. The van der Waals surface area contributed by atoms with Crippen LogP contribution in [0.25, 0.3) is 11.1 Å². The van der Waals surface area contributed by atoms with Gasteiger partial charge in [-0.05, 0) is 62.6 Å². The Morgan fingerprint density at radius 2 is 1.49 bits per heavy atom. The fraction of sp³-hybridized carbons (Fsp3) is 0.214. The molecule has 3 atom stereocenters. The molecule has 1 N–H and O–H groups in total. The molecular formula is C42H46N3+. The number of anilines is 2. The zero-order valence-corrected chi connectivity index (χ0v) is 27.0. The molecule has 3 heteroatoms. The van der Waals surface area contributed by atoms with Gasteiger partial charge in [-0.15, -0.1) is 0 Å². The van der Waals surface area contributed by atoms with Crippen LogP contribution in [0.4, 0.5) is 17.1 Å². The maximum Gasteiger partial charge on any atom is 0.161 e. The number of benzene rings is 4. The van der Waals surface area contributed by atoms with E-state index in [9.17, 15) is 0 Å². The number of hydrogen-bond acceptors (Lipinski definition) is 2. The molecular weight excluding hydrogens is 546 g/mol. The van der Waals surface area contributed by atoms with Crippen molar-refractivity contribution in [3.8, 4) is 11.1 Å². The Morgan fingerprint density at radius 1 is 0.844 bits per heavy atom. The van der Waals surface area contributed by atoms with Crippen molar-refractivity contribution in [1.29, 1.82) is 0 Å². The topological polar surface area (TPSA) is 24.4 Å². The SMILES string of the molecule is C=CC1=NC(CC(=C)[N+](C)(CC)c2ccccc2Nc2ccccc2-c2ccccc2)C(CCC(=C)/C=C\C)c2ccccc21. The smallest absolute Gasteiger partial charge is 0.161 e. The minimum Gasteiger partial charge on any atom is -0.350 e. The summed E-state index contributed by atoms with van der Waals surface area (Å²) in [5.41, 5.74) is 11.5. The third-order valence-corrected chi connectivity index (χ3v) is 9.27. The average Bonchev–Trinajstić information content (AvgIpc) is 3.08. The first kappa shape index (κ1) is 31.7. The van der Waals surface area contributed by atoms with Gasteiger partial charge >= 0.3 is 0 Å². The summed E-state index contributed by atoms with van der Waals surface area (Å²) in [7, 11) is 2.28. The molecule has 0 aromatic heterocycles. The van der Waals surface area contributed by atoms with Crippen molar-refractivity contribution in [1.82, 2.24) is 4.48 Å². The highest BCUT2D eigenvalue weighted by molar-refractivity contribution is 6.10. The summed E-state index contributed by atoms with van der Waals surface area (Å²) >= 11 is 0. The summed E-state index contributed by atoms with van der Waals surface area (Å²) in [5.74, 6) is 0.264. The molecule has 45 heavy (non-hydrogen) atoms. The lowest BCUT2D eigenvalue weighted by Crippen LogP contribution is -2.45. The summed E-state index contributed by atoms with van der Waals surface area (Å²) in [6.45, 7) is 18.3. The number of aliphatic imine (C=N–C) groups is 1. The van der Waals surface area contributed by atoms with Crippen LogP contribution in [0.1, 0.15) is 50.2 Å². The highest BCUT2D eigenvalue weighted by atomic mass is 15.4. The van der Waals surface area contributed by atoms with E-state index in [1.807, 2.05) is 13.0 Å². The van der Waals surface area contributed by atoms with Crippen molar-refractivity contribution < 1.29 is 0 Å². The largest absolute Gasteiger partial charge is 0.350 e. The van der Waals surface area contributed by atoms with E-state index < -0.39 is 0 Å². The van der Waals surface area contributed by atoms with E-state index in [0.29, 0.717) is 4.48 Å². The minimum absolute atomic E-state index is 0.0572. The second-order valence-electron chi connectivity index (χ2n) is 12.0. The second kappa shape index (κ2) is 14.4. The summed E-state index contributed by atoms with van der Waals surface area (Å²) < 4.78 is 0.603. The van der Waals surface area contributed by atoms with Gasteiger partial charge in [-0.25, -0.2) is 0 Å². The van der Waals surface area contributed by atoms with Gasteiger partial charge in [0.15, 0.2) is 5.69 Å². The number of quaternary nitrogens is 1. The van der Waals surface area contributed by atoms with Gasteiger partial charge in [-0.1, -0.05) is 116 Å². The van der Waals surface area contributed by atoms with Gasteiger partial charge in [-0.3, -0.25) is 9.48 Å². The van der Waals surface area contributed by atoms with Crippen LogP contribution < -0.4 is 9.80 Å². The van der Waals surface area contributed by atoms with Gasteiger partial charge in [-0.2, -0.15) is 0 Å². The number of nitrogens with zero attached hydrogens (tertiary/aromatic N) is 2. The molecule has 0 aliphatic carbocycles. The van der Waals surface area contributed by atoms with Crippen molar-refractivity contribution in [2.45, 2.75) is 45.1 Å². The lowest BCUT2D eigenvalue weighted by atomic mass is 9.79. The van der Waals surface area contributed by atoms with E-state index in [1.165, 1.54) is 27.9 Å². The number of rotatable bonds is 13. The van der Waals surface area contributed by atoms with Gasteiger partial charge in [0, 0.05) is 35.2 Å². The first-order valence-corrected chi connectivity index (χ1v) is 16.0. The maximum absolute atomic E-state index is 5.33. The van der Waals surface area contributed by atoms with Crippen LogP contribution in [0.15, 0.2) is 157 Å². The van der Waals surface area contributed by atoms with Crippen molar-refractivity contribution in [2.75, 3.05) is 18.9 Å². The molecule has 5 rings (SSSR count). The first-order valence-electron chi connectivity index (χ1n) is 16.0. The Bertz CT molecular complexity index is 1730. The van der Waals surface area contributed by atoms with E-state index in [-0.39, 0.29) is 12.0 Å². The Morgan fingerprint density at radius 3 is 2.20 bits per heavy atom. The van der Waals surface area contributed by atoms with Gasteiger partial charge in [0.25, 0.3) is 0 Å². The Labute approximate surface area is 270 Å². The second-order valence-corrected chi connectivity index (χ2v) is 12.0. The van der Waals surface area contributed by atoms with Crippen molar-refractivity contribution >= 4 is 22.8 Å². The van der Waals surface area contributed by atoms with Gasteiger partial charge in [0.05, 0.1) is 25.3 Å². The van der Waals surface area contributed by atoms with Crippen molar-refractivity contribution in [2.24, 2.45) is 4.99 Å². The van der Waals surface area contributed by atoms with Crippen molar-refractivity contribution in [3.05, 3.63) is 163 Å². The molecule has 1 aliphatic heterocycles. The molecule has 0 bridgehead atoms. The predicted molar refractivity (Wildman–Crippen MR) is 197 cm³/mol. The Hall–Kier alpha value is -4.73. The van der Waals surface area contributed by atoms with Crippen LogP contribution in [0, 0.1) is 0 Å². The third kappa shape index (κ3) is 6.84. The lowest BCUT2D eigenvalue weighted by Gasteiger charge is -2.38. The average molecular weight is 593 g/mol. The molecule has 0 radical (unpaired) electrons. The molecule has 0 spiro atoms.